The maximum atomic E-state index is 5.18. The molecule has 0 bridgehead atoms. The van der Waals surface area contributed by atoms with Crippen LogP contribution in [0.2, 0.25) is 0 Å². The number of nitrogens with zero attached hydrogens (tertiary/aromatic N) is 5. The van der Waals surface area contributed by atoms with E-state index in [1.165, 1.54) is 30.9 Å². The molecule has 0 radical (unpaired) electrons. The summed E-state index contributed by atoms with van der Waals surface area (Å²) in [6.07, 6.45) is 0. The molecule has 0 aliphatic rings. The minimum atomic E-state index is 0.613. The summed E-state index contributed by atoms with van der Waals surface area (Å²) in [5, 5.41) is 4.92. The van der Waals surface area contributed by atoms with Crippen molar-refractivity contribution >= 4 is 42.3 Å². The molecule has 0 amide bonds. The van der Waals surface area contributed by atoms with Gasteiger partial charge in [-0.2, -0.15) is 0 Å². The molecule has 0 atom stereocenters. The standard InChI is InChI=1S/C53H33N5S/c1-4-14-35(15-5-1)45-33-46(55-50(54-45)36-16-6-2-7-17-36)40-22-12-20-38(30-40)39-21-13-23-41(31-39)52-56-51(37-18-8-3-9-19-37)57-53(58-52)42-27-26-34-28-29-48-49(44(34)32-42)43-24-10-11-25-47(43)59-48/h1-33H. The summed E-state index contributed by atoms with van der Waals surface area (Å²) in [5.74, 6) is 2.56. The van der Waals surface area contributed by atoms with Gasteiger partial charge in [-0.15, -0.1) is 11.3 Å². The molecule has 0 N–H and O–H groups in total. The first-order chi connectivity index (χ1) is 29.2. The highest BCUT2D eigenvalue weighted by molar-refractivity contribution is 7.26. The maximum absolute atomic E-state index is 5.18. The first-order valence-corrected chi connectivity index (χ1v) is 20.4. The molecule has 3 aromatic heterocycles. The SMILES string of the molecule is c1ccc(-c2cc(-c3cccc(-c4cccc(-c5nc(-c6ccccc6)nc(-c6ccc7ccc8sc9ccccc9c8c7c6)n5)c4)c3)nc(-c3ccccc3)n2)cc1. The quantitative estimate of drug-likeness (QED) is 0.161. The lowest BCUT2D eigenvalue weighted by Gasteiger charge is -2.12. The summed E-state index contributed by atoms with van der Waals surface area (Å²) in [6.45, 7) is 0. The molecule has 11 rings (SSSR count). The number of benzene rings is 8. The molecule has 5 nitrogen and oxygen atoms in total. The number of hydrogen-bond donors (Lipinski definition) is 0. The van der Waals surface area contributed by atoms with Crippen LogP contribution in [0.4, 0.5) is 0 Å². The lowest BCUT2D eigenvalue weighted by molar-refractivity contribution is 1.07. The van der Waals surface area contributed by atoms with E-state index in [0.717, 1.165) is 55.9 Å². The van der Waals surface area contributed by atoms with Crippen molar-refractivity contribution in [1.29, 1.82) is 0 Å². The fourth-order valence-electron chi connectivity index (χ4n) is 7.80. The van der Waals surface area contributed by atoms with Crippen LogP contribution in [0.3, 0.4) is 0 Å². The van der Waals surface area contributed by atoms with Gasteiger partial charge in [-0.05, 0) is 58.3 Å². The van der Waals surface area contributed by atoms with Crippen LogP contribution in [-0.2, 0) is 0 Å². The highest BCUT2D eigenvalue weighted by Crippen LogP contribution is 2.40. The van der Waals surface area contributed by atoms with Crippen molar-refractivity contribution in [1.82, 2.24) is 24.9 Å². The first kappa shape index (κ1) is 34.6. The Bertz CT molecular complexity index is 3270. The zero-order chi connectivity index (χ0) is 39.1. The van der Waals surface area contributed by atoms with E-state index < -0.39 is 0 Å². The zero-order valence-electron chi connectivity index (χ0n) is 31.7. The van der Waals surface area contributed by atoms with Crippen molar-refractivity contribution in [2.24, 2.45) is 0 Å². The van der Waals surface area contributed by atoms with Gasteiger partial charge in [0.25, 0.3) is 0 Å². The van der Waals surface area contributed by atoms with Crippen molar-refractivity contribution in [2.75, 3.05) is 0 Å². The predicted octanol–water partition coefficient (Wildman–Crippen LogP) is 13.9. The van der Waals surface area contributed by atoms with Gasteiger partial charge >= 0.3 is 0 Å². The van der Waals surface area contributed by atoms with Crippen LogP contribution in [0.1, 0.15) is 0 Å². The highest BCUT2D eigenvalue weighted by Gasteiger charge is 2.16. The molecular formula is C53H33N5S. The molecule has 3 heterocycles. The van der Waals surface area contributed by atoms with Crippen molar-refractivity contribution in [3.05, 3.63) is 200 Å². The minimum absolute atomic E-state index is 0.613. The minimum Gasteiger partial charge on any atom is -0.228 e. The molecule has 0 fully saturated rings. The third-order valence-electron chi connectivity index (χ3n) is 10.7. The number of hydrogen-bond acceptors (Lipinski definition) is 6. The third kappa shape index (κ3) is 6.61. The van der Waals surface area contributed by atoms with E-state index in [2.05, 4.69) is 133 Å². The van der Waals surface area contributed by atoms with Crippen molar-refractivity contribution in [2.45, 2.75) is 0 Å². The maximum Gasteiger partial charge on any atom is 0.164 e. The molecule has 276 valence electrons. The van der Waals surface area contributed by atoms with Crippen LogP contribution >= 0.6 is 11.3 Å². The molecule has 0 unspecified atom stereocenters. The Kier molecular flexibility index (Phi) is 8.60. The van der Waals surface area contributed by atoms with E-state index in [0.29, 0.717) is 23.3 Å². The van der Waals surface area contributed by atoms with E-state index in [1.807, 2.05) is 78.1 Å². The van der Waals surface area contributed by atoms with Crippen LogP contribution in [0, 0.1) is 0 Å². The predicted molar refractivity (Wildman–Crippen MR) is 244 cm³/mol. The van der Waals surface area contributed by atoms with Gasteiger partial charge in [0.2, 0.25) is 0 Å². The zero-order valence-corrected chi connectivity index (χ0v) is 32.5. The van der Waals surface area contributed by atoms with Gasteiger partial charge in [0.05, 0.1) is 11.4 Å². The summed E-state index contributed by atoms with van der Waals surface area (Å²) in [4.78, 5) is 25.4. The normalized spacial score (nSPS) is 11.4. The van der Waals surface area contributed by atoms with Crippen LogP contribution in [0.5, 0.6) is 0 Å². The Hall–Kier alpha value is -7.67. The molecule has 11 aromatic rings. The third-order valence-corrected chi connectivity index (χ3v) is 11.9. The van der Waals surface area contributed by atoms with Crippen LogP contribution < -0.4 is 0 Å². The second kappa shape index (κ2) is 14.7. The van der Waals surface area contributed by atoms with Gasteiger partial charge in [0.15, 0.2) is 23.3 Å². The van der Waals surface area contributed by atoms with E-state index in [1.54, 1.807) is 0 Å². The van der Waals surface area contributed by atoms with Gasteiger partial charge < -0.3 is 0 Å². The van der Waals surface area contributed by atoms with Crippen LogP contribution in [0.25, 0.3) is 110 Å². The summed E-state index contributed by atoms with van der Waals surface area (Å²) >= 11 is 1.83. The van der Waals surface area contributed by atoms with Crippen molar-refractivity contribution in [3.63, 3.8) is 0 Å². The topological polar surface area (TPSA) is 64.5 Å². The first-order valence-electron chi connectivity index (χ1n) is 19.6. The molecule has 0 saturated heterocycles. The van der Waals surface area contributed by atoms with Gasteiger partial charge in [-0.3, -0.25) is 0 Å². The average Bonchev–Trinajstić information content (AvgIpc) is 3.71. The monoisotopic (exact) mass is 771 g/mol. The molecule has 0 aliphatic heterocycles. The Balaban J connectivity index is 1.02. The smallest absolute Gasteiger partial charge is 0.164 e. The second-order valence-corrected chi connectivity index (χ2v) is 15.6. The van der Waals surface area contributed by atoms with Gasteiger partial charge in [0.1, 0.15) is 0 Å². The Morgan fingerprint density at radius 1 is 0.271 bits per heavy atom. The second-order valence-electron chi connectivity index (χ2n) is 14.5. The van der Waals surface area contributed by atoms with Crippen LogP contribution in [0.15, 0.2) is 200 Å². The molecular weight excluding hydrogens is 739 g/mol. The van der Waals surface area contributed by atoms with Gasteiger partial charge in [-0.25, -0.2) is 24.9 Å². The number of rotatable bonds is 7. The molecule has 0 aliphatic carbocycles. The Labute approximate surface area is 345 Å². The van der Waals surface area contributed by atoms with E-state index in [4.69, 9.17) is 24.9 Å². The van der Waals surface area contributed by atoms with E-state index in [-0.39, 0.29) is 0 Å². The summed E-state index contributed by atoms with van der Waals surface area (Å²) in [6, 6.07) is 69.2. The van der Waals surface area contributed by atoms with E-state index in [9.17, 15) is 0 Å². The van der Waals surface area contributed by atoms with Crippen molar-refractivity contribution < 1.29 is 0 Å². The Morgan fingerprint density at radius 3 is 1.42 bits per heavy atom. The molecule has 8 aromatic carbocycles. The fourth-order valence-corrected chi connectivity index (χ4v) is 8.92. The lowest BCUT2D eigenvalue weighted by Crippen LogP contribution is -2.00. The summed E-state index contributed by atoms with van der Waals surface area (Å²) in [7, 11) is 0. The molecule has 0 saturated carbocycles. The summed E-state index contributed by atoms with van der Waals surface area (Å²) in [5.41, 5.74) is 9.63. The number of aromatic nitrogens is 5. The average molecular weight is 772 g/mol. The van der Waals surface area contributed by atoms with Crippen LogP contribution in [-0.4, -0.2) is 24.9 Å². The van der Waals surface area contributed by atoms with Crippen molar-refractivity contribution in [3.8, 4) is 79.2 Å². The molecule has 6 heteroatoms. The highest BCUT2D eigenvalue weighted by atomic mass is 32.1. The number of thiophene rings is 1. The lowest BCUT2D eigenvalue weighted by atomic mass is 9.99. The molecule has 0 spiro atoms. The molecule has 59 heavy (non-hydrogen) atoms. The van der Waals surface area contributed by atoms with Gasteiger partial charge in [-0.1, -0.05) is 164 Å². The van der Waals surface area contributed by atoms with E-state index >= 15 is 0 Å². The fraction of sp³-hybridized carbons (Fsp3) is 0. The largest absolute Gasteiger partial charge is 0.228 e. The van der Waals surface area contributed by atoms with Gasteiger partial charge in [0, 0.05) is 53.6 Å². The Morgan fingerprint density at radius 2 is 0.746 bits per heavy atom. The summed E-state index contributed by atoms with van der Waals surface area (Å²) < 4.78 is 2.55. The number of fused-ring (bicyclic) bond motifs is 5.